The zero-order valence-electron chi connectivity index (χ0n) is 14.5. The summed E-state index contributed by atoms with van der Waals surface area (Å²) < 4.78 is 5.40. The van der Waals surface area contributed by atoms with Crippen LogP contribution in [0.5, 0.6) is 0 Å². The second kappa shape index (κ2) is 6.23. The molecule has 0 aromatic heterocycles. The fraction of sp³-hybridized carbons (Fsp3) is 0.812. The molecule has 134 valence electrons. The highest BCUT2D eigenvalue weighted by atomic mass is 16.6. The number of amides is 3. The van der Waals surface area contributed by atoms with E-state index in [4.69, 9.17) is 4.74 Å². The lowest BCUT2D eigenvalue weighted by Gasteiger charge is -2.36. The topological polar surface area (TPSA) is 91.0 Å². The third kappa shape index (κ3) is 2.94. The van der Waals surface area contributed by atoms with Gasteiger partial charge in [0.15, 0.2) is 5.60 Å². The quantitative estimate of drug-likeness (QED) is 0.632. The van der Waals surface area contributed by atoms with Gasteiger partial charge in [0.25, 0.3) is 0 Å². The molecule has 24 heavy (non-hydrogen) atoms. The number of hydrogen-bond acceptors (Lipinski definition) is 5. The predicted molar refractivity (Wildman–Crippen MR) is 86.2 cm³/mol. The molecule has 2 N–H and O–H groups in total. The lowest BCUT2D eigenvalue weighted by molar-refractivity contribution is -0.152. The van der Waals surface area contributed by atoms with E-state index in [0.29, 0.717) is 38.5 Å². The molecule has 0 bridgehead atoms. The third-order valence-corrected chi connectivity index (χ3v) is 5.45. The van der Waals surface area contributed by atoms with Crippen molar-refractivity contribution in [3.63, 3.8) is 0 Å². The summed E-state index contributed by atoms with van der Waals surface area (Å²) in [5.74, 6) is -0.550. The van der Waals surface area contributed by atoms with Crippen LogP contribution in [0.15, 0.2) is 0 Å². The summed E-state index contributed by atoms with van der Waals surface area (Å²) in [5, 5.41) is 6.09. The lowest BCUT2D eigenvalue weighted by atomic mass is 9.95. The van der Waals surface area contributed by atoms with Crippen LogP contribution in [-0.2, 0) is 14.3 Å². The molecule has 3 rings (SSSR count). The van der Waals surface area contributed by atoms with Crippen LogP contribution in [0, 0.1) is 5.92 Å². The number of alkyl carbamates (subject to hydrolysis) is 1. The lowest BCUT2D eigenvalue weighted by Crippen LogP contribution is -2.57. The van der Waals surface area contributed by atoms with E-state index < -0.39 is 23.5 Å². The molecule has 0 aliphatic carbocycles. The van der Waals surface area contributed by atoms with Crippen molar-refractivity contribution in [3.8, 4) is 0 Å². The van der Waals surface area contributed by atoms with Crippen molar-refractivity contribution in [3.05, 3.63) is 0 Å². The van der Waals surface area contributed by atoms with E-state index in [2.05, 4.69) is 24.5 Å². The summed E-state index contributed by atoms with van der Waals surface area (Å²) in [5.41, 5.74) is -0.697. The molecule has 8 heteroatoms. The highest BCUT2D eigenvalue weighted by Crippen LogP contribution is 2.33. The monoisotopic (exact) mass is 338 g/mol. The molecule has 3 saturated heterocycles. The second-order valence-corrected chi connectivity index (χ2v) is 7.35. The van der Waals surface area contributed by atoms with E-state index in [-0.39, 0.29) is 18.6 Å². The number of hydrogen-bond donors (Lipinski definition) is 2. The third-order valence-electron chi connectivity index (χ3n) is 5.45. The minimum Gasteiger partial charge on any atom is -0.439 e. The molecule has 3 amide bonds. The van der Waals surface area contributed by atoms with Crippen molar-refractivity contribution < 1.29 is 19.1 Å². The summed E-state index contributed by atoms with van der Waals surface area (Å²) in [6, 6.07) is 0.0443. The molecule has 3 heterocycles. The number of nitrogens with zero attached hydrogens (tertiary/aromatic N) is 2. The average Bonchev–Trinajstić information content (AvgIpc) is 3.10. The average molecular weight is 338 g/mol. The van der Waals surface area contributed by atoms with Gasteiger partial charge in [0, 0.05) is 38.6 Å². The van der Waals surface area contributed by atoms with Gasteiger partial charge in [-0.25, -0.2) is 4.79 Å². The Hall–Kier alpha value is -1.83. The first-order valence-corrected chi connectivity index (χ1v) is 8.63. The molecule has 3 aliphatic heterocycles. The highest BCUT2D eigenvalue weighted by molar-refractivity contribution is 6.35. The Bertz CT molecular complexity index is 552. The Morgan fingerprint density at radius 1 is 1.25 bits per heavy atom. The van der Waals surface area contributed by atoms with Crippen LogP contribution in [0.25, 0.3) is 0 Å². The van der Waals surface area contributed by atoms with E-state index in [1.165, 1.54) is 4.90 Å². The van der Waals surface area contributed by atoms with Gasteiger partial charge in [0.2, 0.25) is 0 Å². The summed E-state index contributed by atoms with van der Waals surface area (Å²) in [7, 11) is 0. The summed E-state index contributed by atoms with van der Waals surface area (Å²) in [6.45, 7) is 8.56. The normalized spacial score (nSPS) is 33.1. The number of nitrogens with one attached hydrogen (secondary N) is 2. The number of likely N-dealkylation sites (tertiary alicyclic amines) is 1. The first-order valence-electron chi connectivity index (χ1n) is 8.63. The van der Waals surface area contributed by atoms with Crippen molar-refractivity contribution in [2.45, 2.75) is 44.9 Å². The van der Waals surface area contributed by atoms with E-state index in [0.717, 1.165) is 0 Å². The van der Waals surface area contributed by atoms with Gasteiger partial charge < -0.3 is 25.2 Å². The first kappa shape index (κ1) is 17.0. The van der Waals surface area contributed by atoms with Crippen LogP contribution in [0.4, 0.5) is 4.79 Å². The second-order valence-electron chi connectivity index (χ2n) is 7.35. The Kier molecular flexibility index (Phi) is 4.42. The molecule has 3 fully saturated rings. The smallest absolute Gasteiger partial charge is 0.408 e. The SMILES string of the molecule is CC(C)[C@H]1CN(C(=O)C(=O)N2CCC3(C2)OC(=O)NC3C)CCN1. The van der Waals surface area contributed by atoms with Crippen LogP contribution in [0.2, 0.25) is 0 Å². The fourth-order valence-electron chi connectivity index (χ4n) is 3.71. The molecule has 1 spiro atoms. The maximum Gasteiger partial charge on any atom is 0.408 e. The number of ether oxygens (including phenoxy) is 1. The van der Waals surface area contributed by atoms with Gasteiger partial charge in [-0.1, -0.05) is 13.8 Å². The van der Waals surface area contributed by atoms with Crippen molar-refractivity contribution in [1.29, 1.82) is 0 Å². The fourth-order valence-corrected chi connectivity index (χ4v) is 3.71. The molecule has 0 aromatic carbocycles. The van der Waals surface area contributed by atoms with Gasteiger partial charge in [-0.2, -0.15) is 0 Å². The van der Waals surface area contributed by atoms with Crippen molar-refractivity contribution in [2.75, 3.05) is 32.7 Å². The molecule has 8 nitrogen and oxygen atoms in total. The van der Waals surface area contributed by atoms with Gasteiger partial charge >= 0.3 is 17.9 Å². The minimum absolute atomic E-state index is 0.164. The maximum atomic E-state index is 12.6. The van der Waals surface area contributed by atoms with Crippen molar-refractivity contribution >= 4 is 17.9 Å². The number of rotatable bonds is 1. The number of piperazine rings is 1. The largest absolute Gasteiger partial charge is 0.439 e. The van der Waals surface area contributed by atoms with Crippen LogP contribution in [0.1, 0.15) is 27.2 Å². The summed E-state index contributed by atoms with van der Waals surface area (Å²) in [4.78, 5) is 39.8. The molecule has 3 atom stereocenters. The predicted octanol–water partition coefficient (Wildman–Crippen LogP) is -0.458. The molecule has 0 radical (unpaired) electrons. The van der Waals surface area contributed by atoms with Crippen LogP contribution < -0.4 is 10.6 Å². The highest BCUT2D eigenvalue weighted by Gasteiger charge is 2.53. The standard InChI is InChI=1S/C16H26N4O4/c1-10(2)12-8-19(7-5-17-12)13(21)14(22)20-6-4-16(9-20)11(3)18-15(23)24-16/h10-12,17H,4-9H2,1-3H3,(H,18,23)/t11?,12-,16?/m1/s1. The van der Waals surface area contributed by atoms with Crippen molar-refractivity contribution in [2.24, 2.45) is 5.92 Å². The van der Waals surface area contributed by atoms with Gasteiger partial charge in [-0.15, -0.1) is 0 Å². The Labute approximate surface area is 141 Å². The first-order chi connectivity index (χ1) is 11.3. The van der Waals surface area contributed by atoms with E-state index >= 15 is 0 Å². The molecule has 2 unspecified atom stereocenters. The zero-order chi connectivity index (χ0) is 17.5. The molecule has 3 aliphatic rings. The van der Waals surface area contributed by atoms with Gasteiger partial charge in [0.05, 0.1) is 12.6 Å². The number of carbonyl (C=O) groups is 3. The van der Waals surface area contributed by atoms with Gasteiger partial charge in [-0.05, 0) is 12.8 Å². The Morgan fingerprint density at radius 2 is 1.96 bits per heavy atom. The van der Waals surface area contributed by atoms with E-state index in [9.17, 15) is 14.4 Å². The Morgan fingerprint density at radius 3 is 2.58 bits per heavy atom. The molecule has 0 aromatic rings. The zero-order valence-corrected chi connectivity index (χ0v) is 14.5. The van der Waals surface area contributed by atoms with Crippen LogP contribution in [-0.4, -0.2) is 78.1 Å². The van der Waals surface area contributed by atoms with Crippen LogP contribution in [0.3, 0.4) is 0 Å². The van der Waals surface area contributed by atoms with Gasteiger partial charge in [0.1, 0.15) is 0 Å². The van der Waals surface area contributed by atoms with Gasteiger partial charge in [-0.3, -0.25) is 9.59 Å². The summed E-state index contributed by atoms with van der Waals surface area (Å²) in [6.07, 6.45) is 0.104. The van der Waals surface area contributed by atoms with E-state index in [1.807, 2.05) is 6.92 Å². The van der Waals surface area contributed by atoms with Crippen molar-refractivity contribution in [1.82, 2.24) is 20.4 Å². The molecular formula is C16H26N4O4. The van der Waals surface area contributed by atoms with E-state index in [1.54, 1.807) is 4.90 Å². The minimum atomic E-state index is -0.697. The molecule has 0 saturated carbocycles. The molecular weight excluding hydrogens is 312 g/mol. The number of carbonyl (C=O) groups excluding carboxylic acids is 3. The summed E-state index contributed by atoms with van der Waals surface area (Å²) >= 11 is 0. The Balaban J connectivity index is 1.62. The maximum absolute atomic E-state index is 12.6. The van der Waals surface area contributed by atoms with Crippen LogP contribution >= 0.6 is 0 Å².